The molecule has 0 atom stereocenters. The molecule has 168 valence electrons. The number of carbonyl (C=O) groups excluding carboxylic acids is 1. The minimum atomic E-state index is -0.336. The van der Waals surface area contributed by atoms with Gasteiger partial charge in [-0.05, 0) is 43.2 Å². The number of para-hydroxylation sites is 2. The molecule has 1 aromatic carbocycles. The zero-order valence-corrected chi connectivity index (χ0v) is 19.5. The summed E-state index contributed by atoms with van der Waals surface area (Å²) < 4.78 is 13.4. The highest BCUT2D eigenvalue weighted by Gasteiger charge is 2.38. The number of carbonyl (C=O) groups is 1. The molecule has 1 aliphatic heterocycles. The van der Waals surface area contributed by atoms with E-state index >= 15 is 0 Å². The van der Waals surface area contributed by atoms with Gasteiger partial charge in [-0.2, -0.15) is 4.98 Å². The number of ether oxygens (including phenoxy) is 2. The zero-order valence-electron chi connectivity index (χ0n) is 17.9. The molecule has 1 saturated heterocycles. The molecule has 33 heavy (non-hydrogen) atoms. The molecule has 2 fully saturated rings. The Hall–Kier alpha value is -3.17. The van der Waals surface area contributed by atoms with Crippen molar-refractivity contribution >= 4 is 45.9 Å². The predicted octanol–water partition coefficient (Wildman–Crippen LogP) is 4.64. The summed E-state index contributed by atoms with van der Waals surface area (Å²) in [6.07, 6.45) is 7.26. The van der Waals surface area contributed by atoms with Crippen molar-refractivity contribution in [3.63, 3.8) is 0 Å². The molecule has 2 aromatic heterocycles. The number of amides is 1. The molecule has 5 rings (SSSR count). The van der Waals surface area contributed by atoms with E-state index < -0.39 is 0 Å². The van der Waals surface area contributed by atoms with Gasteiger partial charge in [0, 0.05) is 12.2 Å². The molecule has 7 nitrogen and oxygen atoms in total. The van der Waals surface area contributed by atoms with Crippen LogP contribution in [0.5, 0.6) is 17.4 Å². The second kappa shape index (κ2) is 8.99. The lowest BCUT2D eigenvalue weighted by Gasteiger charge is -2.21. The van der Waals surface area contributed by atoms with E-state index in [1.807, 2.05) is 6.07 Å². The van der Waals surface area contributed by atoms with Crippen molar-refractivity contribution in [2.24, 2.45) is 0 Å². The third-order valence-corrected chi connectivity index (χ3v) is 7.13. The van der Waals surface area contributed by atoms with Gasteiger partial charge in [-0.15, -0.1) is 0 Å². The van der Waals surface area contributed by atoms with E-state index in [4.69, 9.17) is 21.7 Å². The Morgan fingerprint density at radius 2 is 1.82 bits per heavy atom. The summed E-state index contributed by atoms with van der Waals surface area (Å²) in [7, 11) is 1.54. The van der Waals surface area contributed by atoms with Gasteiger partial charge < -0.3 is 9.47 Å². The highest BCUT2D eigenvalue weighted by molar-refractivity contribution is 8.26. The van der Waals surface area contributed by atoms with Crippen LogP contribution in [-0.2, 0) is 4.79 Å². The monoisotopic (exact) mass is 479 g/mol. The highest BCUT2D eigenvalue weighted by Crippen LogP contribution is 2.39. The van der Waals surface area contributed by atoms with Crippen LogP contribution in [0.15, 0.2) is 58.4 Å². The van der Waals surface area contributed by atoms with E-state index in [0.717, 1.165) is 25.7 Å². The lowest BCUT2D eigenvalue weighted by atomic mass is 10.2. The number of benzene rings is 1. The lowest BCUT2D eigenvalue weighted by molar-refractivity contribution is -0.123. The maximum atomic E-state index is 13.4. The van der Waals surface area contributed by atoms with Crippen LogP contribution in [0.4, 0.5) is 0 Å². The number of methoxy groups -OCH3 is 1. The first-order chi connectivity index (χ1) is 16.1. The zero-order chi connectivity index (χ0) is 22.9. The van der Waals surface area contributed by atoms with Crippen molar-refractivity contribution in [1.82, 2.24) is 14.3 Å². The highest BCUT2D eigenvalue weighted by atomic mass is 32.2. The van der Waals surface area contributed by atoms with E-state index in [0.29, 0.717) is 26.4 Å². The molecule has 0 unspecified atom stereocenters. The summed E-state index contributed by atoms with van der Waals surface area (Å²) >= 11 is 6.72. The first-order valence-corrected chi connectivity index (χ1v) is 11.9. The van der Waals surface area contributed by atoms with Crippen LogP contribution in [0.2, 0.25) is 0 Å². The lowest BCUT2D eigenvalue weighted by Crippen LogP contribution is -2.36. The third kappa shape index (κ3) is 4.02. The number of hydrogen-bond donors (Lipinski definition) is 0. The van der Waals surface area contributed by atoms with Crippen molar-refractivity contribution in [2.45, 2.75) is 31.7 Å². The van der Waals surface area contributed by atoms with Crippen molar-refractivity contribution in [2.75, 3.05) is 7.11 Å². The molecule has 0 N–H and O–H groups in total. The maximum absolute atomic E-state index is 13.4. The Morgan fingerprint density at radius 1 is 1.09 bits per heavy atom. The summed E-state index contributed by atoms with van der Waals surface area (Å²) in [6, 6.07) is 12.5. The first kappa shape index (κ1) is 21.7. The molecule has 1 saturated carbocycles. The smallest absolute Gasteiger partial charge is 0.269 e. The van der Waals surface area contributed by atoms with Gasteiger partial charge in [0.15, 0.2) is 11.5 Å². The maximum Gasteiger partial charge on any atom is 0.269 e. The van der Waals surface area contributed by atoms with E-state index in [-0.39, 0.29) is 29.0 Å². The van der Waals surface area contributed by atoms with Crippen molar-refractivity contribution in [3.05, 3.63) is 69.5 Å². The molecular formula is C24H21N3O4S2. The third-order valence-electron chi connectivity index (χ3n) is 5.80. The predicted molar refractivity (Wildman–Crippen MR) is 132 cm³/mol. The van der Waals surface area contributed by atoms with Crippen molar-refractivity contribution < 1.29 is 14.3 Å². The molecule has 3 aromatic rings. The number of nitrogens with zero attached hydrogens (tertiary/aromatic N) is 3. The van der Waals surface area contributed by atoms with E-state index in [9.17, 15) is 9.59 Å². The second-order valence-corrected chi connectivity index (χ2v) is 9.48. The summed E-state index contributed by atoms with van der Waals surface area (Å²) in [4.78, 5) is 33.3. The van der Waals surface area contributed by atoms with Crippen LogP contribution in [-0.4, -0.2) is 37.7 Å². The van der Waals surface area contributed by atoms with Crippen molar-refractivity contribution in [3.8, 4) is 17.4 Å². The Labute approximate surface area is 200 Å². The van der Waals surface area contributed by atoms with Crippen LogP contribution in [0.25, 0.3) is 11.7 Å². The number of fused-ring (bicyclic) bond motifs is 1. The van der Waals surface area contributed by atoms with E-state index in [2.05, 4.69) is 4.98 Å². The molecule has 0 spiro atoms. The number of thioether (sulfide) groups is 1. The van der Waals surface area contributed by atoms with Gasteiger partial charge in [0.05, 0.1) is 12.0 Å². The SMILES string of the molecule is COc1ccccc1Oc1nc2ccccn2c(=O)c1/C=C1\SC(=S)N(C2CCCC2)C1=O. The van der Waals surface area contributed by atoms with Crippen LogP contribution in [0.1, 0.15) is 31.2 Å². The van der Waals surface area contributed by atoms with Gasteiger partial charge in [0.25, 0.3) is 11.5 Å². The molecule has 9 heteroatoms. The van der Waals surface area contributed by atoms with Crippen LogP contribution >= 0.6 is 24.0 Å². The molecule has 2 aliphatic rings. The summed E-state index contributed by atoms with van der Waals surface area (Å²) in [5.41, 5.74) is 0.274. The Bertz CT molecular complexity index is 1350. The Kier molecular flexibility index (Phi) is 5.90. The molecule has 0 bridgehead atoms. The normalized spacial score (nSPS) is 18.0. The quantitative estimate of drug-likeness (QED) is 0.390. The van der Waals surface area contributed by atoms with Gasteiger partial charge in [-0.1, -0.05) is 55.0 Å². The minimum Gasteiger partial charge on any atom is -0.493 e. The van der Waals surface area contributed by atoms with Gasteiger partial charge in [-0.25, -0.2) is 0 Å². The second-order valence-electron chi connectivity index (χ2n) is 7.81. The number of aromatic nitrogens is 2. The molecule has 3 heterocycles. The Morgan fingerprint density at radius 3 is 2.58 bits per heavy atom. The van der Waals surface area contributed by atoms with Gasteiger partial charge in [-0.3, -0.25) is 18.9 Å². The minimum absolute atomic E-state index is 0.0989. The first-order valence-electron chi connectivity index (χ1n) is 10.7. The number of rotatable bonds is 5. The topological polar surface area (TPSA) is 73.1 Å². The average molecular weight is 480 g/mol. The van der Waals surface area contributed by atoms with E-state index in [1.165, 1.54) is 16.2 Å². The largest absolute Gasteiger partial charge is 0.493 e. The van der Waals surface area contributed by atoms with Crippen molar-refractivity contribution in [1.29, 1.82) is 0 Å². The summed E-state index contributed by atoms with van der Waals surface area (Å²) in [5.74, 6) is 0.853. The summed E-state index contributed by atoms with van der Waals surface area (Å²) in [5, 5.41) is 0. The fourth-order valence-electron chi connectivity index (χ4n) is 4.18. The Balaban J connectivity index is 1.62. The van der Waals surface area contributed by atoms with Crippen LogP contribution in [0, 0.1) is 0 Å². The number of hydrogen-bond acceptors (Lipinski definition) is 7. The standard InChI is InChI=1S/C24H21N3O4S2/c1-30-17-10-4-5-11-18(17)31-21-16(22(28)26-13-7-6-12-20(26)25-21)14-19-23(29)27(24(32)33-19)15-8-2-3-9-15/h4-7,10-15H,2-3,8-9H2,1H3/b19-14-. The summed E-state index contributed by atoms with van der Waals surface area (Å²) in [6.45, 7) is 0. The molecular weight excluding hydrogens is 458 g/mol. The van der Waals surface area contributed by atoms with E-state index in [1.54, 1.807) is 60.7 Å². The fourth-order valence-corrected chi connectivity index (χ4v) is 5.56. The van der Waals surface area contributed by atoms with Gasteiger partial charge >= 0.3 is 0 Å². The average Bonchev–Trinajstić information content (AvgIpc) is 3.44. The van der Waals surface area contributed by atoms with Gasteiger partial charge in [0.2, 0.25) is 5.88 Å². The number of pyridine rings is 1. The molecule has 1 aliphatic carbocycles. The molecule has 1 amide bonds. The molecule has 0 radical (unpaired) electrons. The number of thiocarbonyl (C=S) groups is 1. The van der Waals surface area contributed by atoms with Crippen LogP contribution in [0.3, 0.4) is 0 Å². The van der Waals surface area contributed by atoms with Crippen LogP contribution < -0.4 is 15.0 Å². The van der Waals surface area contributed by atoms with Gasteiger partial charge in [0.1, 0.15) is 15.5 Å². The fraction of sp³-hybridized carbons (Fsp3) is 0.250.